The molecule has 160 valence electrons. The number of nitrogens with one attached hydrogen (secondary N) is 2. The van der Waals surface area contributed by atoms with Crippen LogP contribution in [0, 0.1) is 0 Å². The summed E-state index contributed by atoms with van der Waals surface area (Å²) in [5.74, 6) is 1.66. The lowest BCUT2D eigenvalue weighted by Crippen LogP contribution is -2.28. The van der Waals surface area contributed by atoms with Gasteiger partial charge in [-0.15, -0.1) is 10.2 Å². The molecule has 0 unspecified atom stereocenters. The first-order chi connectivity index (χ1) is 15.0. The Hall–Kier alpha value is -3.53. The molecule has 0 aliphatic carbocycles. The molecule has 0 radical (unpaired) electrons. The SMILES string of the molecule is C[C@H](NC(=O)c1ccccc1)c1nnc(SCC(=O)Nc2ccc3c(c2)OCO3)n1C. The van der Waals surface area contributed by atoms with Gasteiger partial charge in [0.2, 0.25) is 12.7 Å². The topological polar surface area (TPSA) is 107 Å². The zero-order valence-electron chi connectivity index (χ0n) is 17.0. The largest absolute Gasteiger partial charge is 0.454 e. The lowest BCUT2D eigenvalue weighted by Gasteiger charge is -2.13. The standard InChI is InChI=1S/C21H21N5O4S/c1-13(22-20(28)14-6-4-3-5-7-14)19-24-25-21(26(19)2)31-11-18(27)23-15-8-9-16-17(10-15)30-12-29-16/h3-10,13H,11-12H2,1-2H3,(H,22,28)(H,23,27)/t13-/m0/s1. The maximum Gasteiger partial charge on any atom is 0.251 e. The number of anilines is 1. The van der Waals surface area contributed by atoms with Crippen LogP contribution in [0.4, 0.5) is 5.69 Å². The molecule has 10 heteroatoms. The predicted molar refractivity (Wildman–Crippen MR) is 115 cm³/mol. The van der Waals surface area contributed by atoms with Crippen LogP contribution >= 0.6 is 11.8 Å². The summed E-state index contributed by atoms with van der Waals surface area (Å²) < 4.78 is 12.4. The Morgan fingerprint density at radius 1 is 1.13 bits per heavy atom. The first-order valence-corrected chi connectivity index (χ1v) is 10.6. The van der Waals surface area contributed by atoms with E-state index in [1.807, 2.05) is 25.1 Å². The second-order valence-electron chi connectivity index (χ2n) is 6.87. The normalized spacial score (nSPS) is 13.0. The number of hydrogen-bond acceptors (Lipinski definition) is 7. The number of carbonyl (C=O) groups is 2. The number of aromatic nitrogens is 3. The van der Waals surface area contributed by atoms with Gasteiger partial charge in [0, 0.05) is 24.4 Å². The third-order valence-electron chi connectivity index (χ3n) is 4.63. The van der Waals surface area contributed by atoms with Crippen LogP contribution < -0.4 is 20.1 Å². The first kappa shape index (κ1) is 20.7. The van der Waals surface area contributed by atoms with Gasteiger partial charge in [-0.25, -0.2) is 0 Å². The Labute approximate surface area is 183 Å². The van der Waals surface area contributed by atoms with Crippen molar-refractivity contribution in [2.75, 3.05) is 17.9 Å². The maximum atomic E-state index is 12.4. The summed E-state index contributed by atoms with van der Waals surface area (Å²) in [5, 5.41) is 14.6. The van der Waals surface area contributed by atoms with E-state index in [0.717, 1.165) is 0 Å². The molecule has 0 bridgehead atoms. The van der Waals surface area contributed by atoms with E-state index in [2.05, 4.69) is 20.8 Å². The highest BCUT2D eigenvalue weighted by Crippen LogP contribution is 2.34. The number of amides is 2. The van der Waals surface area contributed by atoms with Crippen molar-refractivity contribution in [3.8, 4) is 11.5 Å². The highest BCUT2D eigenvalue weighted by atomic mass is 32.2. The molecular weight excluding hydrogens is 418 g/mol. The average molecular weight is 439 g/mol. The lowest BCUT2D eigenvalue weighted by atomic mass is 10.2. The average Bonchev–Trinajstić information content (AvgIpc) is 3.38. The summed E-state index contributed by atoms with van der Waals surface area (Å²) in [5.41, 5.74) is 1.21. The number of nitrogens with zero attached hydrogens (tertiary/aromatic N) is 3. The molecule has 4 rings (SSSR count). The molecule has 1 aliphatic heterocycles. The van der Waals surface area contributed by atoms with E-state index in [1.54, 1.807) is 41.9 Å². The second-order valence-corrected chi connectivity index (χ2v) is 7.81. The van der Waals surface area contributed by atoms with Gasteiger partial charge in [-0.1, -0.05) is 30.0 Å². The monoisotopic (exact) mass is 439 g/mol. The van der Waals surface area contributed by atoms with Crippen LogP contribution in [-0.4, -0.2) is 39.1 Å². The molecule has 1 aliphatic rings. The first-order valence-electron chi connectivity index (χ1n) is 9.59. The van der Waals surface area contributed by atoms with E-state index in [4.69, 9.17) is 9.47 Å². The van der Waals surface area contributed by atoms with Crippen molar-refractivity contribution in [1.29, 1.82) is 0 Å². The molecule has 0 saturated heterocycles. The Balaban J connectivity index is 1.32. The van der Waals surface area contributed by atoms with Crippen molar-refractivity contribution < 1.29 is 19.1 Å². The second kappa shape index (κ2) is 9.09. The van der Waals surface area contributed by atoms with Crippen molar-refractivity contribution >= 4 is 29.3 Å². The van der Waals surface area contributed by atoms with Crippen molar-refractivity contribution in [2.24, 2.45) is 7.05 Å². The van der Waals surface area contributed by atoms with Crippen molar-refractivity contribution in [3.63, 3.8) is 0 Å². The third kappa shape index (κ3) is 4.80. The lowest BCUT2D eigenvalue weighted by molar-refractivity contribution is -0.113. The van der Waals surface area contributed by atoms with E-state index >= 15 is 0 Å². The smallest absolute Gasteiger partial charge is 0.251 e. The highest BCUT2D eigenvalue weighted by Gasteiger charge is 2.19. The Bertz CT molecular complexity index is 1100. The van der Waals surface area contributed by atoms with Crippen LogP contribution in [-0.2, 0) is 11.8 Å². The summed E-state index contributed by atoms with van der Waals surface area (Å²) >= 11 is 1.26. The van der Waals surface area contributed by atoms with Crippen LogP contribution in [0.1, 0.15) is 29.1 Å². The molecule has 3 aromatic rings. The molecule has 2 N–H and O–H groups in total. The molecule has 0 saturated carbocycles. The number of carbonyl (C=O) groups excluding carboxylic acids is 2. The Kier molecular flexibility index (Phi) is 6.08. The van der Waals surface area contributed by atoms with Gasteiger partial charge in [0.05, 0.1) is 11.8 Å². The van der Waals surface area contributed by atoms with E-state index in [9.17, 15) is 9.59 Å². The molecule has 31 heavy (non-hydrogen) atoms. The van der Waals surface area contributed by atoms with E-state index < -0.39 is 0 Å². The van der Waals surface area contributed by atoms with Crippen molar-refractivity contribution in [1.82, 2.24) is 20.1 Å². The van der Waals surface area contributed by atoms with E-state index in [-0.39, 0.29) is 30.4 Å². The molecule has 9 nitrogen and oxygen atoms in total. The van der Waals surface area contributed by atoms with Gasteiger partial charge in [0.25, 0.3) is 5.91 Å². The minimum Gasteiger partial charge on any atom is -0.454 e. The van der Waals surface area contributed by atoms with Gasteiger partial charge in [-0.3, -0.25) is 9.59 Å². The van der Waals surface area contributed by atoms with Crippen LogP contribution in [0.3, 0.4) is 0 Å². The van der Waals surface area contributed by atoms with E-state index in [0.29, 0.717) is 33.7 Å². The number of ether oxygens (including phenoxy) is 2. The fourth-order valence-electron chi connectivity index (χ4n) is 3.06. The summed E-state index contributed by atoms with van der Waals surface area (Å²) in [6.07, 6.45) is 0. The van der Waals surface area contributed by atoms with Gasteiger partial charge >= 0.3 is 0 Å². The Morgan fingerprint density at radius 2 is 1.90 bits per heavy atom. The fraction of sp³-hybridized carbons (Fsp3) is 0.238. The van der Waals surface area contributed by atoms with Crippen LogP contribution in [0.5, 0.6) is 11.5 Å². The maximum absolute atomic E-state index is 12.4. The molecule has 2 amide bonds. The minimum absolute atomic E-state index is 0.158. The van der Waals surface area contributed by atoms with Crippen LogP contribution in [0.2, 0.25) is 0 Å². The number of rotatable bonds is 7. The molecule has 1 aromatic heterocycles. The van der Waals surface area contributed by atoms with Gasteiger partial charge in [0.1, 0.15) is 0 Å². The van der Waals surface area contributed by atoms with Crippen molar-refractivity contribution in [2.45, 2.75) is 18.1 Å². The number of thioether (sulfide) groups is 1. The third-order valence-corrected chi connectivity index (χ3v) is 5.65. The zero-order chi connectivity index (χ0) is 21.8. The number of benzene rings is 2. The molecular formula is C21H21N5O4S. The summed E-state index contributed by atoms with van der Waals surface area (Å²) in [6, 6.07) is 13.9. The fourth-order valence-corrected chi connectivity index (χ4v) is 3.78. The van der Waals surface area contributed by atoms with Gasteiger partial charge < -0.3 is 24.7 Å². The van der Waals surface area contributed by atoms with Crippen LogP contribution in [0.15, 0.2) is 53.7 Å². The Morgan fingerprint density at radius 3 is 2.71 bits per heavy atom. The molecule has 0 fully saturated rings. The molecule has 2 heterocycles. The minimum atomic E-state index is -0.345. The molecule has 2 aromatic carbocycles. The van der Waals surface area contributed by atoms with Crippen LogP contribution in [0.25, 0.3) is 0 Å². The predicted octanol–water partition coefficient (Wildman–Crippen LogP) is 2.77. The summed E-state index contributed by atoms with van der Waals surface area (Å²) in [4.78, 5) is 24.7. The summed E-state index contributed by atoms with van der Waals surface area (Å²) in [6.45, 7) is 2.02. The molecule has 0 spiro atoms. The summed E-state index contributed by atoms with van der Waals surface area (Å²) in [7, 11) is 1.80. The number of hydrogen-bond donors (Lipinski definition) is 2. The van der Waals surface area contributed by atoms with Gasteiger partial charge in [-0.2, -0.15) is 0 Å². The van der Waals surface area contributed by atoms with Crippen molar-refractivity contribution in [3.05, 3.63) is 59.9 Å². The number of fused-ring (bicyclic) bond motifs is 1. The van der Waals surface area contributed by atoms with E-state index in [1.165, 1.54) is 11.8 Å². The quantitative estimate of drug-likeness (QED) is 0.545. The molecule has 1 atom stereocenters. The zero-order valence-corrected chi connectivity index (χ0v) is 17.8. The highest BCUT2D eigenvalue weighted by molar-refractivity contribution is 7.99. The van der Waals surface area contributed by atoms with Gasteiger partial charge in [0.15, 0.2) is 22.5 Å². The van der Waals surface area contributed by atoms with Gasteiger partial charge in [-0.05, 0) is 31.2 Å².